The number of likely N-dealkylation sites (tertiary alicyclic amines) is 2. The van der Waals surface area contributed by atoms with Crippen molar-refractivity contribution in [3.63, 3.8) is 0 Å². The Kier molecular flexibility index (Phi) is 6.30. The van der Waals surface area contributed by atoms with Crippen molar-refractivity contribution >= 4 is 5.91 Å². The Hall–Kier alpha value is -2.60. The summed E-state index contributed by atoms with van der Waals surface area (Å²) < 4.78 is 11.9. The highest BCUT2D eigenvalue weighted by Crippen LogP contribution is 2.22. The largest absolute Gasteiger partial charge is 0.489 e. The van der Waals surface area contributed by atoms with Gasteiger partial charge in [-0.3, -0.25) is 9.69 Å². The van der Waals surface area contributed by atoms with Crippen LogP contribution in [0.2, 0.25) is 0 Å². The molecule has 0 saturated carbocycles. The van der Waals surface area contributed by atoms with Crippen molar-refractivity contribution in [2.45, 2.75) is 44.9 Å². The number of hydrogen-bond acceptors (Lipinski definition) is 5. The molecule has 6 nitrogen and oxygen atoms in total. The Balaban J connectivity index is 1.26. The minimum absolute atomic E-state index is 0.0516. The van der Waals surface area contributed by atoms with Gasteiger partial charge < -0.3 is 14.4 Å². The fourth-order valence-corrected chi connectivity index (χ4v) is 4.08. The summed E-state index contributed by atoms with van der Waals surface area (Å²) in [6.45, 7) is 5.66. The molecule has 1 amide bonds. The van der Waals surface area contributed by atoms with Crippen molar-refractivity contribution in [3.8, 4) is 11.6 Å². The second-order valence-electron chi connectivity index (χ2n) is 7.95. The van der Waals surface area contributed by atoms with E-state index in [2.05, 4.69) is 16.8 Å². The lowest BCUT2D eigenvalue weighted by Gasteiger charge is -2.24. The van der Waals surface area contributed by atoms with Crippen LogP contribution in [0.25, 0.3) is 0 Å². The number of benzene rings is 1. The van der Waals surface area contributed by atoms with Crippen LogP contribution >= 0.6 is 0 Å². The van der Waals surface area contributed by atoms with Crippen LogP contribution in [0.1, 0.15) is 31.7 Å². The van der Waals surface area contributed by atoms with E-state index in [9.17, 15) is 4.79 Å². The van der Waals surface area contributed by atoms with Crippen LogP contribution in [0, 0.1) is 0 Å². The summed E-state index contributed by atoms with van der Waals surface area (Å²) in [5, 5.41) is 0. The molecule has 4 rings (SSSR count). The fourth-order valence-electron chi connectivity index (χ4n) is 4.08. The van der Waals surface area contributed by atoms with Crippen molar-refractivity contribution in [1.29, 1.82) is 0 Å². The first-order valence-electron chi connectivity index (χ1n) is 10.5. The number of rotatable bonds is 7. The predicted octanol–water partition coefficient (Wildman–Crippen LogP) is 3.12. The van der Waals surface area contributed by atoms with Gasteiger partial charge in [0, 0.05) is 37.9 Å². The second-order valence-corrected chi connectivity index (χ2v) is 7.95. The van der Waals surface area contributed by atoms with E-state index in [0.29, 0.717) is 25.1 Å². The van der Waals surface area contributed by atoms with Gasteiger partial charge in [-0.2, -0.15) is 0 Å². The molecule has 0 unspecified atom stereocenters. The third-order valence-corrected chi connectivity index (χ3v) is 5.70. The summed E-state index contributed by atoms with van der Waals surface area (Å²) in [4.78, 5) is 21.1. The van der Waals surface area contributed by atoms with E-state index in [1.165, 1.54) is 0 Å². The van der Waals surface area contributed by atoms with Crippen LogP contribution < -0.4 is 9.47 Å². The predicted molar refractivity (Wildman–Crippen MR) is 111 cm³/mol. The molecule has 154 valence electrons. The van der Waals surface area contributed by atoms with Crippen LogP contribution in [-0.2, 0) is 11.4 Å². The third kappa shape index (κ3) is 5.26. The normalized spacial score (nSPS) is 22.0. The van der Waals surface area contributed by atoms with Crippen LogP contribution in [-0.4, -0.2) is 59.0 Å². The van der Waals surface area contributed by atoms with Crippen molar-refractivity contribution in [3.05, 3.63) is 54.2 Å². The quantitative estimate of drug-likeness (QED) is 0.721. The lowest BCUT2D eigenvalue weighted by molar-refractivity contribution is -0.132. The van der Waals surface area contributed by atoms with Gasteiger partial charge in [-0.25, -0.2) is 4.98 Å². The number of amides is 1. The molecule has 29 heavy (non-hydrogen) atoms. The molecule has 3 heterocycles. The number of aromatic nitrogens is 1. The highest BCUT2D eigenvalue weighted by atomic mass is 16.5. The van der Waals surface area contributed by atoms with E-state index in [1.54, 1.807) is 6.20 Å². The topological polar surface area (TPSA) is 54.9 Å². The standard InChI is InChI=1S/C23H29N3O3/c1-18-6-5-12-26(18)23(27)16-25-13-10-21(15-25)29-22-14-20(9-11-24-22)28-17-19-7-3-2-4-8-19/h2-4,7-9,11,14,18,21H,5-6,10,12-13,15-17H2,1H3/t18-,21+/m1/s1. The van der Waals surface area contributed by atoms with E-state index < -0.39 is 0 Å². The van der Waals surface area contributed by atoms with E-state index >= 15 is 0 Å². The molecule has 2 atom stereocenters. The number of nitrogens with zero attached hydrogens (tertiary/aromatic N) is 3. The van der Waals surface area contributed by atoms with E-state index in [-0.39, 0.29) is 12.0 Å². The summed E-state index contributed by atoms with van der Waals surface area (Å²) in [7, 11) is 0. The smallest absolute Gasteiger partial charge is 0.236 e. The summed E-state index contributed by atoms with van der Waals surface area (Å²) >= 11 is 0. The number of carbonyl (C=O) groups excluding carboxylic acids is 1. The average Bonchev–Trinajstić information content (AvgIpc) is 3.36. The zero-order chi connectivity index (χ0) is 20.1. The molecule has 2 aliphatic heterocycles. The van der Waals surface area contributed by atoms with E-state index in [0.717, 1.165) is 50.2 Å². The number of pyridine rings is 1. The van der Waals surface area contributed by atoms with Gasteiger partial charge in [0.05, 0.1) is 6.54 Å². The van der Waals surface area contributed by atoms with Crippen molar-refractivity contribution in [2.75, 3.05) is 26.2 Å². The Morgan fingerprint density at radius 3 is 2.83 bits per heavy atom. The Bertz CT molecular complexity index is 814. The van der Waals surface area contributed by atoms with Crippen molar-refractivity contribution in [1.82, 2.24) is 14.8 Å². The van der Waals surface area contributed by atoms with Gasteiger partial charge in [0.2, 0.25) is 11.8 Å². The molecule has 1 aromatic carbocycles. The summed E-state index contributed by atoms with van der Waals surface area (Å²) in [6.07, 6.45) is 4.90. The molecule has 2 fully saturated rings. The lowest BCUT2D eigenvalue weighted by Crippen LogP contribution is -2.41. The van der Waals surface area contributed by atoms with E-state index in [1.807, 2.05) is 47.4 Å². The fraction of sp³-hybridized carbons (Fsp3) is 0.478. The molecular weight excluding hydrogens is 366 g/mol. The first-order valence-corrected chi connectivity index (χ1v) is 10.5. The zero-order valence-corrected chi connectivity index (χ0v) is 17.0. The van der Waals surface area contributed by atoms with E-state index in [4.69, 9.17) is 9.47 Å². The highest BCUT2D eigenvalue weighted by molar-refractivity contribution is 5.78. The maximum absolute atomic E-state index is 12.5. The minimum Gasteiger partial charge on any atom is -0.489 e. The summed E-state index contributed by atoms with van der Waals surface area (Å²) in [6, 6.07) is 14.1. The maximum Gasteiger partial charge on any atom is 0.236 e. The average molecular weight is 396 g/mol. The molecular formula is C23H29N3O3. The summed E-state index contributed by atoms with van der Waals surface area (Å²) in [5.41, 5.74) is 1.12. The molecule has 6 heteroatoms. The van der Waals surface area contributed by atoms with Gasteiger partial charge in [-0.05, 0) is 37.8 Å². The Morgan fingerprint density at radius 2 is 2.03 bits per heavy atom. The highest BCUT2D eigenvalue weighted by Gasteiger charge is 2.30. The summed E-state index contributed by atoms with van der Waals surface area (Å²) in [5.74, 6) is 1.55. The lowest BCUT2D eigenvalue weighted by atomic mass is 10.2. The molecule has 1 aromatic heterocycles. The van der Waals surface area contributed by atoms with Gasteiger partial charge >= 0.3 is 0 Å². The monoisotopic (exact) mass is 395 g/mol. The molecule has 0 radical (unpaired) electrons. The van der Waals surface area contributed by atoms with Crippen LogP contribution in [0.5, 0.6) is 11.6 Å². The molecule has 0 aliphatic carbocycles. The number of ether oxygens (including phenoxy) is 2. The van der Waals surface area contributed by atoms with Gasteiger partial charge in [-0.15, -0.1) is 0 Å². The molecule has 0 bridgehead atoms. The first-order chi connectivity index (χ1) is 14.2. The first kappa shape index (κ1) is 19.7. The molecule has 0 spiro atoms. The van der Waals surface area contributed by atoms with Gasteiger partial charge in [0.15, 0.2) is 0 Å². The Morgan fingerprint density at radius 1 is 1.17 bits per heavy atom. The van der Waals surface area contributed by atoms with Crippen molar-refractivity contribution in [2.24, 2.45) is 0 Å². The van der Waals surface area contributed by atoms with Crippen molar-refractivity contribution < 1.29 is 14.3 Å². The van der Waals surface area contributed by atoms with Crippen LogP contribution in [0.3, 0.4) is 0 Å². The SMILES string of the molecule is C[C@@H]1CCCN1C(=O)CN1CC[C@H](Oc2cc(OCc3ccccc3)ccn2)C1. The molecule has 2 aliphatic rings. The maximum atomic E-state index is 12.5. The third-order valence-electron chi connectivity index (χ3n) is 5.70. The molecule has 0 N–H and O–H groups in total. The Labute approximate surface area is 172 Å². The van der Waals surface area contributed by atoms with Crippen LogP contribution in [0.15, 0.2) is 48.7 Å². The second kappa shape index (κ2) is 9.27. The van der Waals surface area contributed by atoms with Gasteiger partial charge in [-0.1, -0.05) is 30.3 Å². The molecule has 2 aromatic rings. The number of carbonyl (C=O) groups is 1. The minimum atomic E-state index is 0.0516. The van der Waals surface area contributed by atoms with Gasteiger partial charge in [0.25, 0.3) is 0 Å². The number of hydrogen-bond donors (Lipinski definition) is 0. The van der Waals surface area contributed by atoms with Gasteiger partial charge in [0.1, 0.15) is 18.5 Å². The van der Waals surface area contributed by atoms with Crippen LogP contribution in [0.4, 0.5) is 0 Å². The zero-order valence-electron chi connectivity index (χ0n) is 17.0. The molecule has 2 saturated heterocycles.